The molecule has 0 atom stereocenters. The first-order valence-electron chi connectivity index (χ1n) is 3.56. The zero-order valence-electron chi connectivity index (χ0n) is 6.21. The van der Waals surface area contributed by atoms with Gasteiger partial charge >= 0.3 is 0 Å². The van der Waals surface area contributed by atoms with Crippen molar-refractivity contribution in [2.45, 2.75) is 0 Å². The van der Waals surface area contributed by atoms with Crippen LogP contribution in [0.3, 0.4) is 0 Å². The van der Waals surface area contributed by atoms with E-state index in [-0.39, 0.29) is 5.75 Å². The summed E-state index contributed by atoms with van der Waals surface area (Å²) in [4.78, 5) is 0. The van der Waals surface area contributed by atoms with Crippen LogP contribution in [0.25, 0.3) is 10.8 Å². The quantitative estimate of drug-likeness (QED) is 0.629. The first-order chi connectivity index (χ1) is 5.79. The summed E-state index contributed by atoms with van der Waals surface area (Å²) < 4.78 is 13.1. The maximum absolute atomic E-state index is 13.1. The third-order valence-electron chi connectivity index (χ3n) is 1.78. The van der Waals surface area contributed by atoms with E-state index in [1.807, 2.05) is 0 Å². The van der Waals surface area contributed by atoms with Crippen molar-refractivity contribution in [1.29, 1.82) is 0 Å². The molecule has 1 radical (unpaired) electrons. The number of hydrogen-bond acceptors (Lipinski definition) is 1. The van der Waals surface area contributed by atoms with Crippen LogP contribution in [0.15, 0.2) is 30.3 Å². The summed E-state index contributed by atoms with van der Waals surface area (Å²) in [5.41, 5.74) is 0. The van der Waals surface area contributed by atoms with Crippen LogP contribution in [-0.4, -0.2) is 5.11 Å². The predicted octanol–water partition coefficient (Wildman–Crippen LogP) is 2.48. The molecular formula is C10H6FO. The van der Waals surface area contributed by atoms with Gasteiger partial charge in [0.25, 0.3) is 0 Å². The van der Waals surface area contributed by atoms with Crippen LogP contribution < -0.4 is 0 Å². The number of fused-ring (bicyclic) bond motifs is 1. The Labute approximate surface area is 69.1 Å². The van der Waals surface area contributed by atoms with Crippen molar-refractivity contribution >= 4 is 10.8 Å². The van der Waals surface area contributed by atoms with E-state index in [0.29, 0.717) is 5.39 Å². The lowest BCUT2D eigenvalue weighted by atomic mass is 10.1. The van der Waals surface area contributed by atoms with E-state index >= 15 is 0 Å². The molecule has 12 heavy (non-hydrogen) atoms. The molecule has 0 aliphatic rings. The topological polar surface area (TPSA) is 20.2 Å². The van der Waals surface area contributed by atoms with Gasteiger partial charge in [-0.2, -0.15) is 0 Å². The average Bonchev–Trinajstić information content (AvgIpc) is 2.12. The molecule has 2 aromatic rings. The lowest BCUT2D eigenvalue weighted by molar-refractivity contribution is 0.436. The van der Waals surface area contributed by atoms with Crippen LogP contribution in [0.2, 0.25) is 0 Å². The fourth-order valence-corrected chi connectivity index (χ4v) is 1.16. The smallest absolute Gasteiger partial charge is 0.172 e. The highest BCUT2D eigenvalue weighted by Crippen LogP contribution is 2.24. The van der Waals surface area contributed by atoms with E-state index < -0.39 is 5.82 Å². The van der Waals surface area contributed by atoms with Gasteiger partial charge in [0, 0.05) is 5.39 Å². The van der Waals surface area contributed by atoms with Gasteiger partial charge in [-0.05, 0) is 23.6 Å². The van der Waals surface area contributed by atoms with Gasteiger partial charge in [-0.25, -0.2) is 4.39 Å². The summed E-state index contributed by atoms with van der Waals surface area (Å²) >= 11 is 0. The van der Waals surface area contributed by atoms with Crippen LogP contribution >= 0.6 is 0 Å². The van der Waals surface area contributed by atoms with E-state index in [4.69, 9.17) is 5.11 Å². The summed E-state index contributed by atoms with van der Waals surface area (Å²) in [5.74, 6) is -0.879. The van der Waals surface area contributed by atoms with Crippen LogP contribution in [0.5, 0.6) is 5.75 Å². The van der Waals surface area contributed by atoms with Crippen molar-refractivity contribution in [2.75, 3.05) is 0 Å². The lowest BCUT2D eigenvalue weighted by Crippen LogP contribution is -1.79. The standard InChI is InChI=1S/C10H6FO/c11-10-8-4-2-1-3-7(8)5-6-9(10)12/h2-6,12H. The molecule has 0 amide bonds. The number of rotatable bonds is 0. The van der Waals surface area contributed by atoms with Gasteiger partial charge in [0.2, 0.25) is 0 Å². The van der Waals surface area contributed by atoms with E-state index in [2.05, 4.69) is 6.07 Å². The summed E-state index contributed by atoms with van der Waals surface area (Å²) in [6.45, 7) is 0. The second kappa shape index (κ2) is 2.48. The molecule has 0 unspecified atom stereocenters. The molecule has 59 valence electrons. The highest BCUT2D eigenvalue weighted by molar-refractivity contribution is 5.84. The largest absolute Gasteiger partial charge is 0.505 e. The molecule has 0 saturated heterocycles. The molecule has 2 aromatic carbocycles. The molecule has 2 heteroatoms. The number of phenolic OH excluding ortho intramolecular Hbond substituents is 1. The Morgan fingerprint density at radius 1 is 1.25 bits per heavy atom. The van der Waals surface area contributed by atoms with Crippen molar-refractivity contribution in [3.8, 4) is 5.75 Å². The van der Waals surface area contributed by atoms with Gasteiger partial charge in [-0.15, -0.1) is 0 Å². The molecule has 0 saturated carbocycles. The molecule has 1 N–H and O–H groups in total. The fraction of sp³-hybridized carbons (Fsp3) is 0. The minimum atomic E-state index is -0.568. The van der Waals surface area contributed by atoms with Crippen molar-refractivity contribution in [2.24, 2.45) is 0 Å². The second-order valence-corrected chi connectivity index (χ2v) is 2.55. The van der Waals surface area contributed by atoms with E-state index in [9.17, 15) is 4.39 Å². The Kier molecular flexibility index (Phi) is 1.47. The molecule has 0 spiro atoms. The van der Waals surface area contributed by atoms with Gasteiger partial charge in [0.1, 0.15) is 0 Å². The summed E-state index contributed by atoms with van der Waals surface area (Å²) in [7, 11) is 0. The maximum atomic E-state index is 13.1. The summed E-state index contributed by atoms with van der Waals surface area (Å²) in [6.07, 6.45) is 0. The van der Waals surface area contributed by atoms with Crippen molar-refractivity contribution < 1.29 is 9.50 Å². The molecule has 0 aliphatic carbocycles. The molecule has 0 fully saturated rings. The Morgan fingerprint density at radius 2 is 2.08 bits per heavy atom. The number of halogens is 1. The molecule has 0 heterocycles. The Balaban J connectivity index is 2.91. The molecule has 2 rings (SSSR count). The number of hydrogen-bond donors (Lipinski definition) is 1. The maximum Gasteiger partial charge on any atom is 0.172 e. The number of aromatic hydroxyl groups is 1. The minimum Gasteiger partial charge on any atom is -0.505 e. The van der Waals surface area contributed by atoms with Gasteiger partial charge in [0.15, 0.2) is 11.6 Å². The molecule has 0 aromatic heterocycles. The summed E-state index contributed by atoms with van der Waals surface area (Å²) in [5, 5.41) is 10.2. The third-order valence-corrected chi connectivity index (χ3v) is 1.78. The summed E-state index contributed by atoms with van der Waals surface area (Å²) in [6, 6.07) is 10.7. The monoisotopic (exact) mass is 161 g/mol. The van der Waals surface area contributed by atoms with Gasteiger partial charge in [0.05, 0.1) is 0 Å². The number of phenols is 1. The van der Waals surface area contributed by atoms with Crippen molar-refractivity contribution in [3.63, 3.8) is 0 Å². The SMILES string of the molecule is Oc1ccc2c[c]ccc2c1F. The molecule has 1 nitrogen and oxygen atoms in total. The van der Waals surface area contributed by atoms with E-state index in [1.54, 1.807) is 24.3 Å². The number of benzene rings is 2. The Hall–Kier alpha value is -1.57. The predicted molar refractivity (Wildman–Crippen MR) is 44.4 cm³/mol. The Morgan fingerprint density at radius 3 is 2.92 bits per heavy atom. The zero-order valence-corrected chi connectivity index (χ0v) is 6.21. The molecular weight excluding hydrogens is 155 g/mol. The highest BCUT2D eigenvalue weighted by atomic mass is 19.1. The van der Waals surface area contributed by atoms with Crippen LogP contribution in [0.4, 0.5) is 4.39 Å². The normalized spacial score (nSPS) is 10.4. The van der Waals surface area contributed by atoms with Gasteiger partial charge < -0.3 is 5.11 Å². The van der Waals surface area contributed by atoms with Crippen molar-refractivity contribution in [3.05, 3.63) is 42.2 Å². The third kappa shape index (κ3) is 0.925. The van der Waals surface area contributed by atoms with E-state index in [1.165, 1.54) is 6.07 Å². The van der Waals surface area contributed by atoms with E-state index in [0.717, 1.165) is 5.39 Å². The average molecular weight is 161 g/mol. The highest BCUT2D eigenvalue weighted by Gasteiger charge is 2.03. The zero-order chi connectivity index (χ0) is 8.55. The first kappa shape index (κ1) is 7.10. The molecule has 0 bridgehead atoms. The lowest BCUT2D eigenvalue weighted by Gasteiger charge is -1.99. The first-order valence-corrected chi connectivity index (χ1v) is 3.56. The van der Waals surface area contributed by atoms with Gasteiger partial charge in [-0.1, -0.05) is 18.2 Å². The van der Waals surface area contributed by atoms with Gasteiger partial charge in [-0.3, -0.25) is 0 Å². The van der Waals surface area contributed by atoms with Crippen LogP contribution in [0, 0.1) is 11.9 Å². The minimum absolute atomic E-state index is 0.311. The fourth-order valence-electron chi connectivity index (χ4n) is 1.16. The van der Waals surface area contributed by atoms with Crippen LogP contribution in [0.1, 0.15) is 0 Å². The molecule has 0 aliphatic heterocycles. The van der Waals surface area contributed by atoms with Crippen molar-refractivity contribution in [1.82, 2.24) is 0 Å². The second-order valence-electron chi connectivity index (χ2n) is 2.55. The Bertz CT molecular complexity index is 423. The van der Waals surface area contributed by atoms with Crippen LogP contribution in [-0.2, 0) is 0 Å².